The van der Waals surface area contributed by atoms with Crippen LogP contribution in [0.25, 0.3) is 33.4 Å². The van der Waals surface area contributed by atoms with Crippen molar-refractivity contribution in [3.8, 4) is 11.3 Å². The van der Waals surface area contributed by atoms with Crippen LogP contribution < -0.4 is 0 Å². The van der Waals surface area contributed by atoms with E-state index in [2.05, 4.69) is 65.3 Å². The number of piperidine rings is 1. The van der Waals surface area contributed by atoms with Crippen LogP contribution in [0.5, 0.6) is 0 Å². The normalized spacial score (nSPS) is 15.2. The SMILES string of the molecule is C=C(C)c1cc(-c2[nH]c3ccc(C4CCN(C(=O)OC(C)(C)C)CC4)cc3c2C(C)C)cn2ccnc12. The number of amides is 1. The first kappa shape index (κ1) is 25.1. The predicted octanol–water partition coefficient (Wildman–Crippen LogP) is 7.75. The van der Waals surface area contributed by atoms with Crippen LogP contribution in [-0.2, 0) is 4.74 Å². The van der Waals surface area contributed by atoms with E-state index in [-0.39, 0.29) is 6.09 Å². The summed E-state index contributed by atoms with van der Waals surface area (Å²) >= 11 is 0. The van der Waals surface area contributed by atoms with Gasteiger partial charge in [-0.1, -0.05) is 26.5 Å². The van der Waals surface area contributed by atoms with Gasteiger partial charge in [-0.25, -0.2) is 9.78 Å². The number of rotatable bonds is 4. The average Bonchev–Trinajstić information content (AvgIpc) is 3.46. The molecule has 6 heteroatoms. The Morgan fingerprint density at radius 2 is 1.92 bits per heavy atom. The minimum Gasteiger partial charge on any atom is -0.444 e. The molecule has 1 aromatic carbocycles. The van der Waals surface area contributed by atoms with E-state index >= 15 is 0 Å². The molecule has 0 saturated carbocycles. The largest absolute Gasteiger partial charge is 0.444 e. The molecule has 194 valence electrons. The number of fused-ring (bicyclic) bond motifs is 2. The fraction of sp³-hybridized carbons (Fsp3) is 0.419. The summed E-state index contributed by atoms with van der Waals surface area (Å²) < 4.78 is 7.66. The Labute approximate surface area is 219 Å². The third-order valence-electron chi connectivity index (χ3n) is 7.29. The highest BCUT2D eigenvalue weighted by Crippen LogP contribution is 2.39. The first-order valence-corrected chi connectivity index (χ1v) is 13.3. The van der Waals surface area contributed by atoms with Crippen molar-refractivity contribution in [2.24, 2.45) is 0 Å². The molecule has 1 aliphatic heterocycles. The molecule has 6 nitrogen and oxygen atoms in total. The van der Waals surface area contributed by atoms with E-state index in [4.69, 9.17) is 4.74 Å². The summed E-state index contributed by atoms with van der Waals surface area (Å²) in [6, 6.07) is 9.04. The van der Waals surface area contributed by atoms with E-state index in [9.17, 15) is 4.79 Å². The van der Waals surface area contributed by atoms with Crippen molar-refractivity contribution in [1.29, 1.82) is 0 Å². The van der Waals surface area contributed by atoms with Crippen LogP contribution in [0.3, 0.4) is 0 Å². The van der Waals surface area contributed by atoms with E-state index in [0.29, 0.717) is 11.8 Å². The van der Waals surface area contributed by atoms with Gasteiger partial charge in [-0.2, -0.15) is 0 Å². The van der Waals surface area contributed by atoms with Crippen LogP contribution in [-0.4, -0.2) is 44.1 Å². The molecule has 5 rings (SSSR count). The maximum atomic E-state index is 12.5. The zero-order valence-corrected chi connectivity index (χ0v) is 22.9. The van der Waals surface area contributed by atoms with Crippen molar-refractivity contribution in [2.45, 2.75) is 71.8 Å². The molecule has 37 heavy (non-hydrogen) atoms. The number of nitrogens with one attached hydrogen (secondary N) is 1. The van der Waals surface area contributed by atoms with Crippen LogP contribution in [0.4, 0.5) is 4.79 Å². The standard InChI is InChI=1S/C31H38N4O2/c1-19(2)24-17-23(18-35-15-12-32-29(24)35)28-27(20(3)4)25-16-22(8-9-26(25)33-28)21-10-13-34(14-11-21)30(36)37-31(5,6)7/h8-9,12,15-18,20-21,33H,1,10-11,13-14H2,2-7H3. The van der Waals surface area contributed by atoms with Crippen molar-refractivity contribution >= 4 is 28.2 Å². The summed E-state index contributed by atoms with van der Waals surface area (Å²) in [4.78, 5) is 22.6. The summed E-state index contributed by atoms with van der Waals surface area (Å²) in [7, 11) is 0. The number of likely N-dealkylation sites (tertiary alicyclic amines) is 1. The second kappa shape index (κ2) is 9.40. The van der Waals surface area contributed by atoms with Crippen molar-refractivity contribution in [2.75, 3.05) is 13.1 Å². The van der Waals surface area contributed by atoms with E-state index in [1.807, 2.05) is 45.0 Å². The molecule has 4 heterocycles. The quantitative estimate of drug-likeness (QED) is 0.313. The summed E-state index contributed by atoms with van der Waals surface area (Å²) in [5.74, 6) is 0.776. The van der Waals surface area contributed by atoms with E-state index in [1.165, 1.54) is 16.5 Å². The monoisotopic (exact) mass is 498 g/mol. The minimum absolute atomic E-state index is 0.206. The summed E-state index contributed by atoms with van der Waals surface area (Å²) in [6.45, 7) is 17.9. The maximum absolute atomic E-state index is 12.5. The van der Waals surface area contributed by atoms with Crippen molar-refractivity contribution < 1.29 is 9.53 Å². The highest BCUT2D eigenvalue weighted by atomic mass is 16.6. The Morgan fingerprint density at radius 1 is 1.19 bits per heavy atom. The van der Waals surface area contributed by atoms with Gasteiger partial charge >= 0.3 is 6.09 Å². The number of aromatic nitrogens is 3. The topological polar surface area (TPSA) is 62.6 Å². The van der Waals surface area contributed by atoms with E-state index in [0.717, 1.165) is 59.5 Å². The van der Waals surface area contributed by atoms with Gasteiger partial charge in [0.05, 0.1) is 5.69 Å². The molecule has 1 fully saturated rings. The Kier molecular flexibility index (Phi) is 6.38. The highest BCUT2D eigenvalue weighted by molar-refractivity contribution is 5.92. The van der Waals surface area contributed by atoms with Gasteiger partial charge in [-0.15, -0.1) is 0 Å². The molecule has 0 spiro atoms. The number of hydrogen-bond donors (Lipinski definition) is 1. The second-order valence-corrected chi connectivity index (χ2v) is 11.7. The minimum atomic E-state index is -0.467. The molecule has 1 amide bonds. The van der Waals surface area contributed by atoms with Crippen LogP contribution in [0, 0.1) is 0 Å². The zero-order chi connectivity index (χ0) is 26.5. The lowest BCUT2D eigenvalue weighted by atomic mass is 9.87. The van der Waals surface area contributed by atoms with Gasteiger partial charge in [-0.05, 0) is 87.3 Å². The van der Waals surface area contributed by atoms with Crippen molar-refractivity contribution in [1.82, 2.24) is 19.3 Å². The molecule has 0 aliphatic carbocycles. The zero-order valence-electron chi connectivity index (χ0n) is 22.9. The number of hydrogen-bond acceptors (Lipinski definition) is 3. The van der Waals surface area contributed by atoms with Gasteiger partial charge in [0.25, 0.3) is 0 Å². The number of H-pyrrole nitrogens is 1. The van der Waals surface area contributed by atoms with Crippen LogP contribution in [0.2, 0.25) is 0 Å². The van der Waals surface area contributed by atoms with Crippen LogP contribution in [0.1, 0.15) is 82.9 Å². The predicted molar refractivity (Wildman–Crippen MR) is 151 cm³/mol. The lowest BCUT2D eigenvalue weighted by molar-refractivity contribution is 0.0205. The Hall–Kier alpha value is -3.54. The Morgan fingerprint density at radius 3 is 2.57 bits per heavy atom. The molecular weight excluding hydrogens is 460 g/mol. The van der Waals surface area contributed by atoms with Gasteiger partial charge in [0.15, 0.2) is 0 Å². The average molecular weight is 499 g/mol. The fourth-order valence-corrected chi connectivity index (χ4v) is 5.52. The number of ether oxygens (including phenoxy) is 1. The smallest absolute Gasteiger partial charge is 0.410 e. The fourth-order valence-electron chi connectivity index (χ4n) is 5.52. The molecule has 1 N–H and O–H groups in total. The number of nitrogens with zero attached hydrogens (tertiary/aromatic N) is 3. The number of carbonyl (C=O) groups is 1. The highest BCUT2D eigenvalue weighted by Gasteiger charge is 2.28. The summed E-state index contributed by atoms with van der Waals surface area (Å²) in [6.07, 6.45) is 7.66. The third-order valence-corrected chi connectivity index (χ3v) is 7.29. The van der Waals surface area contributed by atoms with E-state index < -0.39 is 5.60 Å². The van der Waals surface area contributed by atoms with Crippen LogP contribution >= 0.6 is 0 Å². The number of aromatic amines is 1. The first-order chi connectivity index (χ1) is 17.5. The Balaban J connectivity index is 1.47. The molecule has 0 atom stereocenters. The first-order valence-electron chi connectivity index (χ1n) is 13.3. The number of carbonyl (C=O) groups excluding carboxylic acids is 1. The van der Waals surface area contributed by atoms with E-state index in [1.54, 1.807) is 0 Å². The Bertz CT molecular complexity index is 1480. The van der Waals surface area contributed by atoms with Gasteiger partial charge < -0.3 is 19.0 Å². The number of imidazole rings is 1. The summed E-state index contributed by atoms with van der Waals surface area (Å²) in [5.41, 5.74) is 8.64. The molecular formula is C31H38N4O2. The second-order valence-electron chi connectivity index (χ2n) is 11.7. The van der Waals surface area contributed by atoms with Gasteiger partial charge in [0.2, 0.25) is 0 Å². The lowest BCUT2D eigenvalue weighted by Crippen LogP contribution is -2.41. The summed E-state index contributed by atoms with van der Waals surface area (Å²) in [5, 5.41) is 1.28. The lowest BCUT2D eigenvalue weighted by Gasteiger charge is -2.33. The molecule has 0 bridgehead atoms. The number of allylic oxidation sites excluding steroid dienone is 1. The van der Waals surface area contributed by atoms with Crippen molar-refractivity contribution in [3.05, 3.63) is 66.1 Å². The number of pyridine rings is 1. The van der Waals surface area contributed by atoms with Crippen LogP contribution in [0.15, 0.2) is 49.4 Å². The molecule has 1 aliphatic rings. The third kappa shape index (κ3) is 4.89. The van der Waals surface area contributed by atoms with Gasteiger partial charge in [0, 0.05) is 53.7 Å². The maximum Gasteiger partial charge on any atom is 0.410 e. The van der Waals surface area contributed by atoms with Gasteiger partial charge in [0.1, 0.15) is 11.2 Å². The molecule has 0 radical (unpaired) electrons. The number of benzene rings is 1. The molecule has 1 saturated heterocycles. The van der Waals surface area contributed by atoms with Crippen molar-refractivity contribution in [3.63, 3.8) is 0 Å². The molecule has 3 aromatic heterocycles. The van der Waals surface area contributed by atoms with Gasteiger partial charge in [-0.3, -0.25) is 0 Å². The molecule has 0 unspecified atom stereocenters. The molecule has 4 aromatic rings.